The molecule has 0 aliphatic carbocycles. The molecule has 0 aliphatic rings. The van der Waals surface area contributed by atoms with Gasteiger partial charge in [-0.25, -0.2) is 4.79 Å². The van der Waals surface area contributed by atoms with Gasteiger partial charge in [0.15, 0.2) is 0 Å². The summed E-state index contributed by atoms with van der Waals surface area (Å²) in [6, 6.07) is 26.3. The Kier molecular flexibility index (Phi) is 8.26. The lowest BCUT2D eigenvalue weighted by molar-refractivity contribution is 0.0320. The molecule has 3 aromatic rings. The third-order valence-corrected chi connectivity index (χ3v) is 5.45. The molecule has 3 rings (SSSR count). The molecule has 0 radical (unpaired) electrons. The largest absolute Gasteiger partial charge is 0.459 e. The molecule has 0 aliphatic heterocycles. The van der Waals surface area contributed by atoms with Crippen LogP contribution in [0.4, 0.5) is 0 Å². The molecule has 0 spiro atoms. The van der Waals surface area contributed by atoms with Crippen LogP contribution in [-0.4, -0.2) is 12.1 Å². The average molecular weight is 401 g/mol. The highest BCUT2D eigenvalue weighted by Gasteiger charge is 2.18. The normalized spacial score (nSPS) is 11.8. The first-order chi connectivity index (χ1) is 14.7. The standard InChI is InChI=1S/C28H32O2/c1-3-4-5-6-9-14-22(2)30-28(29)27-21-25(23-15-10-7-11-16-23)19-20-26(27)24-17-12-8-13-18-24/h7-8,10-13,15-22H,3-6,9,14H2,1-2H3/t22-/m0/s1. The summed E-state index contributed by atoms with van der Waals surface area (Å²) in [5.74, 6) is -0.243. The van der Waals surface area contributed by atoms with Crippen LogP contribution in [0.5, 0.6) is 0 Å². The molecule has 0 saturated carbocycles. The van der Waals surface area contributed by atoms with Gasteiger partial charge in [-0.2, -0.15) is 0 Å². The number of rotatable bonds is 10. The quantitative estimate of drug-likeness (QED) is 0.255. The van der Waals surface area contributed by atoms with Crippen LogP contribution in [0.3, 0.4) is 0 Å². The van der Waals surface area contributed by atoms with Crippen LogP contribution >= 0.6 is 0 Å². The van der Waals surface area contributed by atoms with E-state index in [0.717, 1.165) is 35.1 Å². The average Bonchev–Trinajstić information content (AvgIpc) is 2.79. The van der Waals surface area contributed by atoms with Crippen LogP contribution in [0.2, 0.25) is 0 Å². The fraction of sp³-hybridized carbons (Fsp3) is 0.321. The lowest BCUT2D eigenvalue weighted by atomic mass is 9.95. The van der Waals surface area contributed by atoms with E-state index in [9.17, 15) is 4.79 Å². The lowest BCUT2D eigenvalue weighted by Crippen LogP contribution is -2.16. The Balaban J connectivity index is 1.80. The van der Waals surface area contributed by atoms with Crippen molar-refractivity contribution in [1.82, 2.24) is 0 Å². The second-order valence-electron chi connectivity index (χ2n) is 7.91. The van der Waals surface area contributed by atoms with E-state index in [2.05, 4.69) is 25.1 Å². The van der Waals surface area contributed by atoms with Crippen molar-refractivity contribution in [3.8, 4) is 22.3 Å². The van der Waals surface area contributed by atoms with Crippen molar-refractivity contribution in [3.05, 3.63) is 84.4 Å². The van der Waals surface area contributed by atoms with Gasteiger partial charge in [0.2, 0.25) is 0 Å². The fourth-order valence-corrected chi connectivity index (χ4v) is 3.73. The highest BCUT2D eigenvalue weighted by Crippen LogP contribution is 2.30. The first-order valence-corrected chi connectivity index (χ1v) is 11.1. The minimum Gasteiger partial charge on any atom is -0.459 e. The summed E-state index contributed by atoms with van der Waals surface area (Å²) >= 11 is 0. The van der Waals surface area contributed by atoms with E-state index in [1.165, 1.54) is 25.7 Å². The molecule has 3 aromatic carbocycles. The Morgan fingerprint density at radius 3 is 2.07 bits per heavy atom. The van der Waals surface area contributed by atoms with Gasteiger partial charge in [0, 0.05) is 0 Å². The molecule has 0 N–H and O–H groups in total. The molecule has 0 amide bonds. The summed E-state index contributed by atoms with van der Waals surface area (Å²) < 4.78 is 5.86. The van der Waals surface area contributed by atoms with Gasteiger partial charge in [0.05, 0.1) is 11.7 Å². The zero-order chi connectivity index (χ0) is 21.2. The van der Waals surface area contributed by atoms with E-state index in [4.69, 9.17) is 4.74 Å². The van der Waals surface area contributed by atoms with Crippen molar-refractivity contribution >= 4 is 5.97 Å². The number of benzene rings is 3. The van der Waals surface area contributed by atoms with E-state index in [-0.39, 0.29) is 12.1 Å². The molecule has 0 fully saturated rings. The second-order valence-corrected chi connectivity index (χ2v) is 7.91. The maximum Gasteiger partial charge on any atom is 0.339 e. The monoisotopic (exact) mass is 400 g/mol. The van der Waals surface area contributed by atoms with Gasteiger partial charge in [-0.3, -0.25) is 0 Å². The van der Waals surface area contributed by atoms with E-state index < -0.39 is 0 Å². The summed E-state index contributed by atoms with van der Waals surface area (Å²) in [4.78, 5) is 13.1. The maximum absolute atomic E-state index is 13.1. The Morgan fingerprint density at radius 1 is 0.767 bits per heavy atom. The minimum absolute atomic E-state index is 0.0804. The molecule has 0 aromatic heterocycles. The Labute approximate surface area is 180 Å². The van der Waals surface area contributed by atoms with Gasteiger partial charge in [-0.05, 0) is 48.1 Å². The third-order valence-electron chi connectivity index (χ3n) is 5.45. The van der Waals surface area contributed by atoms with Crippen LogP contribution in [0.25, 0.3) is 22.3 Å². The molecule has 1 atom stereocenters. The van der Waals surface area contributed by atoms with Crippen LogP contribution in [0.15, 0.2) is 78.9 Å². The summed E-state index contributed by atoms with van der Waals surface area (Å²) in [6.45, 7) is 4.22. The summed E-state index contributed by atoms with van der Waals surface area (Å²) in [6.07, 6.45) is 6.91. The zero-order valence-electron chi connectivity index (χ0n) is 18.1. The van der Waals surface area contributed by atoms with Gasteiger partial charge < -0.3 is 4.74 Å². The summed E-state index contributed by atoms with van der Waals surface area (Å²) in [7, 11) is 0. The molecular weight excluding hydrogens is 368 g/mol. The number of hydrogen-bond donors (Lipinski definition) is 0. The van der Waals surface area contributed by atoms with Gasteiger partial charge in [0.1, 0.15) is 0 Å². The van der Waals surface area contributed by atoms with Crippen molar-refractivity contribution in [1.29, 1.82) is 0 Å². The van der Waals surface area contributed by atoms with Crippen LogP contribution in [0.1, 0.15) is 62.7 Å². The predicted octanol–water partition coefficient (Wildman–Crippen LogP) is 7.93. The smallest absolute Gasteiger partial charge is 0.339 e. The van der Waals surface area contributed by atoms with Crippen LogP contribution < -0.4 is 0 Å². The van der Waals surface area contributed by atoms with E-state index >= 15 is 0 Å². The Hall–Kier alpha value is -2.87. The van der Waals surface area contributed by atoms with Gasteiger partial charge >= 0.3 is 5.97 Å². The molecule has 2 nitrogen and oxygen atoms in total. The number of carbonyl (C=O) groups is 1. The van der Waals surface area contributed by atoms with Crippen molar-refractivity contribution in [2.75, 3.05) is 0 Å². The number of carbonyl (C=O) groups excluding carboxylic acids is 1. The van der Waals surface area contributed by atoms with Crippen LogP contribution in [-0.2, 0) is 4.74 Å². The Morgan fingerprint density at radius 2 is 1.40 bits per heavy atom. The highest BCUT2D eigenvalue weighted by atomic mass is 16.5. The maximum atomic E-state index is 13.1. The number of ether oxygens (including phenoxy) is 1. The molecule has 0 saturated heterocycles. The van der Waals surface area contributed by atoms with Crippen molar-refractivity contribution in [2.24, 2.45) is 0 Å². The molecule has 0 unspecified atom stereocenters. The van der Waals surface area contributed by atoms with E-state index in [1.807, 2.05) is 67.6 Å². The third kappa shape index (κ3) is 6.06. The van der Waals surface area contributed by atoms with E-state index in [0.29, 0.717) is 5.56 Å². The first-order valence-electron chi connectivity index (χ1n) is 11.1. The number of hydrogen-bond acceptors (Lipinski definition) is 2. The van der Waals surface area contributed by atoms with Crippen molar-refractivity contribution in [3.63, 3.8) is 0 Å². The first kappa shape index (κ1) is 21.8. The molecule has 156 valence electrons. The highest BCUT2D eigenvalue weighted by molar-refractivity contribution is 5.99. The SMILES string of the molecule is CCCCCCC[C@H](C)OC(=O)c1cc(-c2ccccc2)ccc1-c1ccccc1. The predicted molar refractivity (Wildman–Crippen MR) is 126 cm³/mol. The Bertz CT molecular complexity index is 916. The van der Waals surface area contributed by atoms with E-state index in [1.54, 1.807) is 0 Å². The molecule has 30 heavy (non-hydrogen) atoms. The molecule has 0 bridgehead atoms. The molecule has 0 heterocycles. The number of unbranched alkanes of at least 4 members (excludes halogenated alkanes) is 4. The van der Waals surface area contributed by atoms with Gasteiger partial charge in [-0.15, -0.1) is 0 Å². The lowest BCUT2D eigenvalue weighted by Gasteiger charge is -2.16. The zero-order valence-corrected chi connectivity index (χ0v) is 18.1. The molecular formula is C28H32O2. The topological polar surface area (TPSA) is 26.3 Å². The summed E-state index contributed by atoms with van der Waals surface area (Å²) in [5.41, 5.74) is 4.68. The fourth-order valence-electron chi connectivity index (χ4n) is 3.73. The van der Waals surface area contributed by atoms with Gasteiger partial charge in [0.25, 0.3) is 0 Å². The summed E-state index contributed by atoms with van der Waals surface area (Å²) in [5, 5.41) is 0. The molecule has 2 heteroatoms. The van der Waals surface area contributed by atoms with Crippen LogP contribution in [0, 0.1) is 0 Å². The number of esters is 1. The second kappa shape index (κ2) is 11.3. The van der Waals surface area contributed by atoms with Crippen molar-refractivity contribution < 1.29 is 9.53 Å². The minimum atomic E-state index is -0.243. The van der Waals surface area contributed by atoms with Crippen molar-refractivity contribution in [2.45, 2.75) is 58.5 Å². The van der Waals surface area contributed by atoms with Gasteiger partial charge in [-0.1, -0.05) is 105 Å².